The number of para-hydroxylation sites is 1. The molecule has 2 amide bonds. The number of ether oxygens (including phenoxy) is 1. The quantitative estimate of drug-likeness (QED) is 0.345. The molecule has 4 rings (SSSR count). The number of aromatic nitrogens is 3. The van der Waals surface area contributed by atoms with Gasteiger partial charge in [-0.2, -0.15) is 18.3 Å². The summed E-state index contributed by atoms with van der Waals surface area (Å²) in [7, 11) is 0. The molecule has 0 radical (unpaired) electrons. The van der Waals surface area contributed by atoms with Crippen molar-refractivity contribution < 1.29 is 22.7 Å². The number of pyridine rings is 1. The molecular weight excluding hydrogens is 471 g/mol. The zero-order valence-corrected chi connectivity index (χ0v) is 19.4. The molecule has 2 heterocycles. The van der Waals surface area contributed by atoms with Crippen molar-refractivity contribution >= 4 is 6.03 Å². The van der Waals surface area contributed by atoms with Crippen LogP contribution in [-0.4, -0.2) is 27.4 Å². The summed E-state index contributed by atoms with van der Waals surface area (Å²) in [6.45, 7) is 2.90. The third-order valence-electron chi connectivity index (χ3n) is 5.30. The van der Waals surface area contributed by atoms with E-state index in [1.807, 2.05) is 31.2 Å². The molecule has 7 nitrogen and oxygen atoms in total. The van der Waals surface area contributed by atoms with Gasteiger partial charge in [0, 0.05) is 36.6 Å². The number of benzene rings is 2. The molecule has 0 aliphatic carbocycles. The fourth-order valence-corrected chi connectivity index (χ4v) is 3.56. The van der Waals surface area contributed by atoms with E-state index in [9.17, 15) is 18.0 Å². The average Bonchev–Trinajstić information content (AvgIpc) is 3.34. The molecule has 186 valence electrons. The molecule has 0 bridgehead atoms. The molecule has 36 heavy (non-hydrogen) atoms. The molecule has 10 heteroatoms. The molecule has 2 aromatic carbocycles. The third kappa shape index (κ3) is 6.01. The Morgan fingerprint density at radius 2 is 1.75 bits per heavy atom. The number of urea groups is 1. The maximum absolute atomic E-state index is 13.7. The molecule has 0 atom stereocenters. The van der Waals surface area contributed by atoms with Gasteiger partial charge in [0.05, 0.1) is 18.0 Å². The predicted octanol–water partition coefficient (Wildman–Crippen LogP) is 5.35. The lowest BCUT2D eigenvalue weighted by Gasteiger charge is -2.12. The van der Waals surface area contributed by atoms with E-state index in [-0.39, 0.29) is 24.0 Å². The maximum atomic E-state index is 13.7. The Balaban J connectivity index is 1.41. The first-order chi connectivity index (χ1) is 17.3. The van der Waals surface area contributed by atoms with Gasteiger partial charge < -0.3 is 15.4 Å². The number of carbonyl (C=O) groups is 1. The highest BCUT2D eigenvalue weighted by molar-refractivity contribution is 5.74. The Morgan fingerprint density at radius 3 is 2.44 bits per heavy atom. The van der Waals surface area contributed by atoms with Crippen LogP contribution in [0.2, 0.25) is 0 Å². The fourth-order valence-electron chi connectivity index (χ4n) is 3.56. The summed E-state index contributed by atoms with van der Waals surface area (Å²) in [4.78, 5) is 16.2. The molecule has 0 aliphatic rings. The van der Waals surface area contributed by atoms with Crippen LogP contribution in [0.15, 0.2) is 79.1 Å². The number of nitrogens with one attached hydrogen (secondary N) is 2. The molecule has 0 saturated heterocycles. The zero-order valence-electron chi connectivity index (χ0n) is 19.4. The van der Waals surface area contributed by atoms with Gasteiger partial charge >= 0.3 is 12.2 Å². The van der Waals surface area contributed by atoms with Crippen molar-refractivity contribution in [3.05, 3.63) is 95.9 Å². The lowest BCUT2D eigenvalue weighted by atomic mass is 10.2. The van der Waals surface area contributed by atoms with Crippen molar-refractivity contribution in [3.8, 4) is 22.7 Å². The van der Waals surface area contributed by atoms with Crippen molar-refractivity contribution in [1.82, 2.24) is 25.4 Å². The second-order valence-electron chi connectivity index (χ2n) is 7.81. The molecule has 0 fully saturated rings. The van der Waals surface area contributed by atoms with Crippen molar-refractivity contribution in [1.29, 1.82) is 0 Å². The van der Waals surface area contributed by atoms with E-state index in [1.165, 1.54) is 24.5 Å². The van der Waals surface area contributed by atoms with Crippen LogP contribution in [0.5, 0.6) is 5.75 Å². The van der Waals surface area contributed by atoms with Crippen LogP contribution in [0.1, 0.15) is 23.7 Å². The summed E-state index contributed by atoms with van der Waals surface area (Å²) in [6.07, 6.45) is -1.59. The molecule has 2 N–H and O–H groups in total. The predicted molar refractivity (Wildman–Crippen MR) is 128 cm³/mol. The number of nitrogens with zero attached hydrogens (tertiary/aromatic N) is 3. The van der Waals surface area contributed by atoms with Gasteiger partial charge in [-0.3, -0.25) is 4.98 Å². The van der Waals surface area contributed by atoms with E-state index in [4.69, 9.17) is 4.74 Å². The van der Waals surface area contributed by atoms with Gasteiger partial charge in [0.2, 0.25) is 0 Å². The van der Waals surface area contributed by atoms with Crippen LogP contribution in [0.4, 0.5) is 18.0 Å². The van der Waals surface area contributed by atoms with Crippen LogP contribution in [-0.2, 0) is 19.3 Å². The SMILES string of the molecule is CCOc1ccccc1CNC(=O)NCc1ccc(-n2nc(-c3cccnc3)cc2C(F)(F)F)cc1. The van der Waals surface area contributed by atoms with Crippen LogP contribution < -0.4 is 15.4 Å². The molecule has 0 spiro atoms. The average molecular weight is 496 g/mol. The highest BCUT2D eigenvalue weighted by atomic mass is 19.4. The minimum absolute atomic E-state index is 0.170. The van der Waals surface area contributed by atoms with E-state index in [0.717, 1.165) is 21.9 Å². The fraction of sp³-hybridized carbons (Fsp3) is 0.192. The van der Waals surface area contributed by atoms with E-state index in [0.29, 0.717) is 24.5 Å². The number of carbonyl (C=O) groups excluding carboxylic acids is 1. The summed E-state index contributed by atoms with van der Waals surface area (Å²) < 4.78 is 47.4. The van der Waals surface area contributed by atoms with E-state index < -0.39 is 11.9 Å². The minimum Gasteiger partial charge on any atom is -0.494 e. The van der Waals surface area contributed by atoms with Gasteiger partial charge in [0.15, 0.2) is 0 Å². The molecular formula is C26H24F3N5O2. The number of hydrogen-bond acceptors (Lipinski definition) is 4. The maximum Gasteiger partial charge on any atom is 0.433 e. The standard InChI is InChI=1S/C26H24F3N5O2/c1-2-36-23-8-4-3-6-20(23)17-32-25(35)31-15-18-9-11-21(12-10-18)34-24(26(27,28)29)14-22(33-34)19-7-5-13-30-16-19/h3-14,16H,2,15,17H2,1H3,(H2,31,32,35). The van der Waals surface area contributed by atoms with E-state index in [1.54, 1.807) is 24.3 Å². The van der Waals surface area contributed by atoms with Crippen LogP contribution >= 0.6 is 0 Å². The normalized spacial score (nSPS) is 11.2. The summed E-state index contributed by atoms with van der Waals surface area (Å²) in [5.41, 5.74) is 1.58. The van der Waals surface area contributed by atoms with Gasteiger partial charge in [-0.1, -0.05) is 30.3 Å². The molecule has 2 aromatic heterocycles. The van der Waals surface area contributed by atoms with Crippen molar-refractivity contribution in [2.45, 2.75) is 26.2 Å². The minimum atomic E-state index is -4.59. The first-order valence-corrected chi connectivity index (χ1v) is 11.2. The second kappa shape index (κ2) is 10.9. The van der Waals surface area contributed by atoms with Gasteiger partial charge in [0.25, 0.3) is 0 Å². The monoisotopic (exact) mass is 495 g/mol. The zero-order chi connectivity index (χ0) is 25.5. The third-order valence-corrected chi connectivity index (χ3v) is 5.30. The lowest BCUT2D eigenvalue weighted by molar-refractivity contribution is -0.142. The van der Waals surface area contributed by atoms with Gasteiger partial charge in [-0.05, 0) is 48.9 Å². The van der Waals surface area contributed by atoms with Crippen molar-refractivity contribution in [3.63, 3.8) is 0 Å². The number of rotatable bonds is 8. The van der Waals surface area contributed by atoms with Crippen LogP contribution in [0.25, 0.3) is 16.9 Å². The van der Waals surface area contributed by atoms with Crippen LogP contribution in [0.3, 0.4) is 0 Å². The van der Waals surface area contributed by atoms with Gasteiger partial charge in [-0.25, -0.2) is 9.48 Å². The topological polar surface area (TPSA) is 81.1 Å². The molecule has 0 unspecified atom stereocenters. The van der Waals surface area contributed by atoms with Crippen molar-refractivity contribution in [2.24, 2.45) is 0 Å². The Labute approximate surface area is 205 Å². The number of amides is 2. The Morgan fingerprint density at radius 1 is 1.00 bits per heavy atom. The van der Waals surface area contributed by atoms with Crippen LogP contribution in [0, 0.1) is 0 Å². The number of halogens is 3. The van der Waals surface area contributed by atoms with Gasteiger partial charge in [-0.15, -0.1) is 0 Å². The Bertz CT molecular complexity index is 1310. The molecule has 4 aromatic rings. The highest BCUT2D eigenvalue weighted by Gasteiger charge is 2.36. The number of hydrogen-bond donors (Lipinski definition) is 2. The molecule has 0 aliphatic heterocycles. The summed E-state index contributed by atoms with van der Waals surface area (Å²) in [5, 5.41) is 9.68. The van der Waals surface area contributed by atoms with E-state index in [2.05, 4.69) is 20.7 Å². The molecule has 0 saturated carbocycles. The lowest BCUT2D eigenvalue weighted by Crippen LogP contribution is -2.34. The Kier molecular flexibility index (Phi) is 7.53. The second-order valence-corrected chi connectivity index (χ2v) is 7.81. The summed E-state index contributed by atoms with van der Waals surface area (Å²) in [5.74, 6) is 0.708. The summed E-state index contributed by atoms with van der Waals surface area (Å²) in [6, 6.07) is 17.7. The van der Waals surface area contributed by atoms with Crippen molar-refractivity contribution in [2.75, 3.05) is 6.61 Å². The number of alkyl halides is 3. The summed E-state index contributed by atoms with van der Waals surface area (Å²) >= 11 is 0. The highest BCUT2D eigenvalue weighted by Crippen LogP contribution is 2.34. The van der Waals surface area contributed by atoms with E-state index >= 15 is 0 Å². The smallest absolute Gasteiger partial charge is 0.433 e. The first kappa shape index (κ1) is 24.8. The first-order valence-electron chi connectivity index (χ1n) is 11.2. The Hall–Kier alpha value is -4.34. The largest absolute Gasteiger partial charge is 0.494 e. The van der Waals surface area contributed by atoms with Gasteiger partial charge in [0.1, 0.15) is 11.4 Å².